The number of amides is 2. The molecule has 26 heavy (non-hydrogen) atoms. The third-order valence-corrected chi connectivity index (χ3v) is 3.90. The summed E-state index contributed by atoms with van der Waals surface area (Å²) in [5.41, 5.74) is 7.16. The van der Waals surface area contributed by atoms with Crippen molar-refractivity contribution in [1.82, 2.24) is 15.0 Å². The summed E-state index contributed by atoms with van der Waals surface area (Å²) in [4.78, 5) is 37.4. The van der Waals surface area contributed by atoms with Gasteiger partial charge in [-0.05, 0) is 24.3 Å². The van der Waals surface area contributed by atoms with Crippen LogP contribution in [-0.2, 0) is 9.59 Å². The number of benzene rings is 1. The van der Waals surface area contributed by atoms with E-state index in [1.807, 2.05) is 0 Å². The average Bonchev–Trinajstić information content (AvgIpc) is 3.21. The Morgan fingerprint density at radius 3 is 2.35 bits per heavy atom. The van der Waals surface area contributed by atoms with Gasteiger partial charge in [-0.1, -0.05) is 0 Å². The number of aromatic nitrogens is 3. The largest absolute Gasteiger partial charge is 0.444 e. The number of nitrogens with two attached hydrogens (primary N) is 1. The van der Waals surface area contributed by atoms with Crippen LogP contribution in [0, 0.1) is 0 Å². The summed E-state index contributed by atoms with van der Waals surface area (Å²) in [5, 5.41) is 0. The van der Waals surface area contributed by atoms with Crippen LogP contribution in [0.15, 0.2) is 60.0 Å². The molecule has 2 heterocycles. The lowest BCUT2D eigenvalue weighted by Crippen LogP contribution is -2.42. The number of carbonyl (C=O) groups is 2. The van der Waals surface area contributed by atoms with Gasteiger partial charge in [0.1, 0.15) is 18.2 Å². The highest BCUT2D eigenvalue weighted by Gasteiger charge is 2.31. The predicted octanol–water partition coefficient (Wildman–Crippen LogP) is 1.93. The molecule has 0 saturated heterocycles. The van der Waals surface area contributed by atoms with E-state index in [1.54, 1.807) is 30.5 Å². The van der Waals surface area contributed by atoms with E-state index in [1.165, 1.54) is 30.0 Å². The maximum atomic E-state index is 12.5. The second-order valence-electron chi connectivity index (χ2n) is 5.29. The fourth-order valence-electron chi connectivity index (χ4n) is 2.54. The normalized spacial score (nSPS) is 11.7. The Kier molecular flexibility index (Phi) is 5.23. The summed E-state index contributed by atoms with van der Waals surface area (Å²) in [6, 6.07) is 5.73. The number of primary amides is 1. The first-order valence-corrected chi connectivity index (χ1v) is 8.06. The Hall–Kier alpha value is -3.26. The molecule has 2 aromatic heterocycles. The molecule has 132 valence electrons. The number of alkyl halides is 1. The van der Waals surface area contributed by atoms with Gasteiger partial charge in [-0.3, -0.25) is 14.5 Å². The van der Waals surface area contributed by atoms with Crippen LogP contribution >= 0.6 is 11.6 Å². The van der Waals surface area contributed by atoms with Gasteiger partial charge in [0.05, 0.1) is 6.20 Å². The fraction of sp³-hybridized carbons (Fsp3) is 0.118. The molecular formula is C17H14ClN5O3. The molecule has 0 radical (unpaired) electrons. The molecule has 2 N–H and O–H groups in total. The summed E-state index contributed by atoms with van der Waals surface area (Å²) in [6.45, 7) is 0. The third-order valence-electron chi connectivity index (χ3n) is 3.67. The van der Waals surface area contributed by atoms with Gasteiger partial charge >= 0.3 is 0 Å². The van der Waals surface area contributed by atoms with Crippen LogP contribution in [0.4, 0.5) is 5.69 Å². The van der Waals surface area contributed by atoms with Gasteiger partial charge in [-0.2, -0.15) is 0 Å². The molecule has 9 heteroatoms. The summed E-state index contributed by atoms with van der Waals surface area (Å²) in [7, 11) is 0. The number of anilines is 1. The number of hydrogen-bond donors (Lipinski definition) is 1. The smallest absolute Gasteiger partial charge is 0.245 e. The van der Waals surface area contributed by atoms with Gasteiger partial charge in [0.15, 0.2) is 12.2 Å². The van der Waals surface area contributed by atoms with E-state index in [-0.39, 0.29) is 5.88 Å². The van der Waals surface area contributed by atoms with Crippen molar-refractivity contribution in [3.63, 3.8) is 0 Å². The Labute approximate surface area is 153 Å². The Bertz CT molecular complexity index is 885. The lowest BCUT2D eigenvalue weighted by atomic mass is 10.1. The van der Waals surface area contributed by atoms with E-state index in [4.69, 9.17) is 21.8 Å². The zero-order valence-electron chi connectivity index (χ0n) is 13.4. The molecule has 2 amide bonds. The minimum Gasteiger partial charge on any atom is -0.444 e. The topological polar surface area (TPSA) is 115 Å². The monoisotopic (exact) mass is 371 g/mol. The van der Waals surface area contributed by atoms with E-state index in [2.05, 4.69) is 15.0 Å². The van der Waals surface area contributed by atoms with Gasteiger partial charge in [-0.15, -0.1) is 11.6 Å². The number of halogens is 1. The first kappa shape index (κ1) is 17.6. The SMILES string of the molecule is NC(=O)[C@@H](c1cncnc1)N(C(=O)CCl)c1ccc(-c2cnco2)cc1. The minimum atomic E-state index is -1.08. The standard InChI is InChI=1S/C17H14ClN5O3/c18-5-15(24)23(16(17(19)25)12-6-20-9-21-7-12)13-3-1-11(2-4-13)14-8-22-10-26-14/h1-4,6-10,16H,5H2,(H2,19,25)/t16-/m1/s1. The van der Waals surface area contributed by atoms with E-state index < -0.39 is 17.9 Å². The van der Waals surface area contributed by atoms with Crippen LogP contribution in [-0.4, -0.2) is 32.6 Å². The van der Waals surface area contributed by atoms with Crippen LogP contribution in [0.3, 0.4) is 0 Å². The number of rotatable bonds is 6. The van der Waals surface area contributed by atoms with E-state index in [9.17, 15) is 9.59 Å². The van der Waals surface area contributed by atoms with Crippen molar-refractivity contribution in [2.45, 2.75) is 6.04 Å². The molecule has 0 fully saturated rings. The van der Waals surface area contributed by atoms with Gasteiger partial charge < -0.3 is 10.2 Å². The number of carbonyl (C=O) groups excluding carboxylic acids is 2. The molecule has 0 bridgehead atoms. The maximum Gasteiger partial charge on any atom is 0.245 e. The third kappa shape index (κ3) is 3.55. The number of hydrogen-bond acceptors (Lipinski definition) is 6. The fourth-order valence-corrected chi connectivity index (χ4v) is 2.67. The van der Waals surface area contributed by atoms with Crippen LogP contribution in [0.25, 0.3) is 11.3 Å². The molecule has 0 aliphatic carbocycles. The van der Waals surface area contributed by atoms with Gasteiger partial charge in [0.25, 0.3) is 0 Å². The molecule has 0 spiro atoms. The predicted molar refractivity (Wildman–Crippen MR) is 94.1 cm³/mol. The van der Waals surface area contributed by atoms with Crippen molar-refractivity contribution >= 4 is 29.1 Å². The highest BCUT2D eigenvalue weighted by atomic mass is 35.5. The Morgan fingerprint density at radius 1 is 1.12 bits per heavy atom. The first-order valence-electron chi connectivity index (χ1n) is 7.53. The number of nitrogens with zero attached hydrogens (tertiary/aromatic N) is 4. The van der Waals surface area contributed by atoms with E-state index >= 15 is 0 Å². The summed E-state index contributed by atoms with van der Waals surface area (Å²) in [5.74, 6) is -0.944. The van der Waals surface area contributed by atoms with Crippen LogP contribution in [0.2, 0.25) is 0 Å². The molecule has 0 unspecified atom stereocenters. The van der Waals surface area contributed by atoms with Crippen LogP contribution in [0.5, 0.6) is 0 Å². The zero-order chi connectivity index (χ0) is 18.5. The minimum absolute atomic E-state index is 0.318. The summed E-state index contributed by atoms with van der Waals surface area (Å²) in [6.07, 6.45) is 7.08. The summed E-state index contributed by atoms with van der Waals surface area (Å²) < 4.78 is 5.24. The molecule has 0 saturated carbocycles. The molecule has 1 aromatic carbocycles. The second kappa shape index (κ2) is 7.75. The molecule has 3 rings (SSSR count). The Morgan fingerprint density at radius 2 is 1.81 bits per heavy atom. The average molecular weight is 372 g/mol. The molecule has 1 atom stereocenters. The maximum absolute atomic E-state index is 12.5. The zero-order valence-corrected chi connectivity index (χ0v) is 14.2. The van der Waals surface area contributed by atoms with Crippen molar-refractivity contribution in [3.05, 3.63) is 61.1 Å². The second-order valence-corrected chi connectivity index (χ2v) is 5.55. The summed E-state index contributed by atoms with van der Waals surface area (Å²) >= 11 is 5.75. The first-order chi connectivity index (χ1) is 12.6. The highest BCUT2D eigenvalue weighted by molar-refractivity contribution is 6.29. The molecular weight excluding hydrogens is 358 g/mol. The Balaban J connectivity index is 2.02. The van der Waals surface area contributed by atoms with Gasteiger partial charge in [0.2, 0.25) is 11.8 Å². The van der Waals surface area contributed by atoms with E-state index in [0.717, 1.165) is 5.56 Å². The van der Waals surface area contributed by atoms with Crippen LogP contribution in [0.1, 0.15) is 11.6 Å². The van der Waals surface area contributed by atoms with E-state index in [0.29, 0.717) is 17.0 Å². The lowest BCUT2D eigenvalue weighted by molar-refractivity contribution is -0.123. The quantitative estimate of drug-likeness (QED) is 0.662. The van der Waals surface area contributed by atoms with Crippen molar-refractivity contribution in [2.75, 3.05) is 10.8 Å². The molecule has 8 nitrogen and oxygen atoms in total. The van der Waals surface area contributed by atoms with Gasteiger partial charge in [-0.25, -0.2) is 15.0 Å². The number of oxazole rings is 1. The highest BCUT2D eigenvalue weighted by Crippen LogP contribution is 2.29. The van der Waals surface area contributed by atoms with Crippen molar-refractivity contribution in [1.29, 1.82) is 0 Å². The lowest BCUT2D eigenvalue weighted by Gasteiger charge is -2.29. The van der Waals surface area contributed by atoms with Crippen molar-refractivity contribution in [2.24, 2.45) is 5.73 Å². The van der Waals surface area contributed by atoms with Crippen molar-refractivity contribution < 1.29 is 14.0 Å². The molecule has 3 aromatic rings. The van der Waals surface area contributed by atoms with Crippen molar-refractivity contribution in [3.8, 4) is 11.3 Å². The van der Waals surface area contributed by atoms with Gasteiger partial charge in [0, 0.05) is 29.2 Å². The van der Waals surface area contributed by atoms with Crippen LogP contribution < -0.4 is 10.6 Å². The molecule has 0 aliphatic rings. The molecule has 0 aliphatic heterocycles.